The van der Waals surface area contributed by atoms with Crippen molar-refractivity contribution in [1.82, 2.24) is 4.98 Å². The number of ether oxygens (including phenoxy) is 2. The molecule has 2 heterocycles. The van der Waals surface area contributed by atoms with Gasteiger partial charge in [-0.05, 0) is 48.1 Å². The molecule has 0 fully saturated rings. The highest BCUT2D eigenvalue weighted by molar-refractivity contribution is 5.95. The second-order valence-corrected chi connectivity index (χ2v) is 8.51. The summed E-state index contributed by atoms with van der Waals surface area (Å²) in [6.07, 6.45) is 0. The molecule has 0 spiro atoms. The predicted molar refractivity (Wildman–Crippen MR) is 119 cm³/mol. The Morgan fingerprint density at radius 2 is 1.77 bits per heavy atom. The summed E-state index contributed by atoms with van der Waals surface area (Å²) in [5.41, 5.74) is 1.41. The van der Waals surface area contributed by atoms with Crippen molar-refractivity contribution in [2.75, 3.05) is 6.61 Å². The van der Waals surface area contributed by atoms with E-state index in [2.05, 4.69) is 32.7 Å². The van der Waals surface area contributed by atoms with E-state index in [0.29, 0.717) is 47.4 Å². The number of nitrogens with zero attached hydrogens (tertiary/aromatic N) is 2. The van der Waals surface area contributed by atoms with Gasteiger partial charge >= 0.3 is 0 Å². The molecule has 0 unspecified atom stereocenters. The standard InChI is InChI=1S/C25H28N2O3/c1-15(2)23(16(3)4)20-14-29-25(26-20)18-8-5-9-19(13-18)30-22-12-11-17-7-6-10-21(28)24(17)27-22/h5-13,15-16,20,23,28H,14H2,1-4H3/t20-/m1/s1. The fraction of sp³-hybridized carbons (Fsp3) is 0.360. The second-order valence-electron chi connectivity index (χ2n) is 8.51. The first-order valence-corrected chi connectivity index (χ1v) is 10.5. The van der Waals surface area contributed by atoms with Crippen LogP contribution in [-0.2, 0) is 4.74 Å². The number of hydrogen-bond acceptors (Lipinski definition) is 5. The first-order chi connectivity index (χ1) is 14.4. The number of phenolic OH excluding ortho intramolecular Hbond substituents is 1. The average Bonchev–Trinajstić information content (AvgIpc) is 3.18. The molecule has 30 heavy (non-hydrogen) atoms. The number of aromatic hydroxyl groups is 1. The van der Waals surface area contributed by atoms with Gasteiger partial charge in [0.05, 0.1) is 6.04 Å². The lowest BCUT2D eigenvalue weighted by Crippen LogP contribution is -2.29. The quantitative estimate of drug-likeness (QED) is 0.563. The molecule has 156 valence electrons. The van der Waals surface area contributed by atoms with Crippen molar-refractivity contribution in [2.24, 2.45) is 22.7 Å². The van der Waals surface area contributed by atoms with Crippen LogP contribution in [0.4, 0.5) is 0 Å². The van der Waals surface area contributed by atoms with E-state index in [-0.39, 0.29) is 11.8 Å². The Balaban J connectivity index is 1.56. The molecule has 5 heteroatoms. The highest BCUT2D eigenvalue weighted by Crippen LogP contribution is 2.31. The van der Waals surface area contributed by atoms with E-state index < -0.39 is 0 Å². The Kier molecular flexibility index (Phi) is 5.62. The Bertz CT molecular complexity index is 1070. The Labute approximate surface area is 177 Å². The van der Waals surface area contributed by atoms with Gasteiger partial charge < -0.3 is 14.6 Å². The normalized spacial score (nSPS) is 16.4. The number of phenols is 1. The lowest BCUT2D eigenvalue weighted by Gasteiger charge is -2.27. The molecule has 0 amide bonds. The molecular formula is C25H28N2O3. The second kappa shape index (κ2) is 8.34. The van der Waals surface area contributed by atoms with Gasteiger partial charge in [0.25, 0.3) is 0 Å². The summed E-state index contributed by atoms with van der Waals surface area (Å²) in [6.45, 7) is 9.62. The average molecular weight is 405 g/mol. The minimum atomic E-state index is 0.135. The zero-order chi connectivity index (χ0) is 21.3. The maximum Gasteiger partial charge on any atom is 0.219 e. The SMILES string of the molecule is CC(C)C(C(C)C)[C@H]1COC(c2cccc(Oc3ccc4cccc(O)c4n3)c2)=N1. The van der Waals surface area contributed by atoms with Crippen LogP contribution in [0.5, 0.6) is 17.4 Å². The van der Waals surface area contributed by atoms with Crippen LogP contribution in [-0.4, -0.2) is 28.6 Å². The Morgan fingerprint density at radius 1 is 1.00 bits per heavy atom. The third kappa shape index (κ3) is 4.11. The Morgan fingerprint density at radius 3 is 2.53 bits per heavy atom. The maximum atomic E-state index is 10.0. The van der Waals surface area contributed by atoms with Gasteiger partial charge in [-0.25, -0.2) is 9.98 Å². The Hall–Kier alpha value is -3.08. The molecule has 1 aromatic heterocycles. The van der Waals surface area contributed by atoms with E-state index in [1.54, 1.807) is 18.2 Å². The van der Waals surface area contributed by atoms with Crippen molar-refractivity contribution in [3.8, 4) is 17.4 Å². The summed E-state index contributed by atoms with van der Waals surface area (Å²) < 4.78 is 11.9. The van der Waals surface area contributed by atoms with Gasteiger partial charge in [0.15, 0.2) is 0 Å². The summed E-state index contributed by atoms with van der Waals surface area (Å²) in [5, 5.41) is 10.9. The molecular weight excluding hydrogens is 376 g/mol. The van der Waals surface area contributed by atoms with Crippen LogP contribution in [0.15, 0.2) is 59.6 Å². The van der Waals surface area contributed by atoms with Gasteiger partial charge in [0.1, 0.15) is 23.6 Å². The molecule has 0 radical (unpaired) electrons. The molecule has 2 aromatic carbocycles. The summed E-state index contributed by atoms with van der Waals surface area (Å²) in [4.78, 5) is 9.33. The van der Waals surface area contributed by atoms with E-state index in [9.17, 15) is 5.11 Å². The zero-order valence-corrected chi connectivity index (χ0v) is 17.9. The lowest BCUT2D eigenvalue weighted by atomic mass is 9.80. The topological polar surface area (TPSA) is 63.9 Å². The van der Waals surface area contributed by atoms with Gasteiger partial charge in [-0.2, -0.15) is 0 Å². The monoisotopic (exact) mass is 404 g/mol. The molecule has 0 bridgehead atoms. The van der Waals surface area contributed by atoms with E-state index >= 15 is 0 Å². The third-order valence-corrected chi connectivity index (χ3v) is 5.63. The number of aliphatic imine (C=N–C) groups is 1. The van der Waals surface area contributed by atoms with Crippen LogP contribution in [0.1, 0.15) is 33.3 Å². The summed E-state index contributed by atoms with van der Waals surface area (Å²) in [7, 11) is 0. The van der Waals surface area contributed by atoms with Crippen molar-refractivity contribution in [3.63, 3.8) is 0 Å². The first kappa shape index (κ1) is 20.2. The van der Waals surface area contributed by atoms with Crippen LogP contribution in [0.25, 0.3) is 10.9 Å². The molecule has 0 saturated carbocycles. The molecule has 5 nitrogen and oxygen atoms in total. The van der Waals surface area contributed by atoms with E-state index in [4.69, 9.17) is 14.5 Å². The number of rotatable bonds is 6. The third-order valence-electron chi connectivity index (χ3n) is 5.63. The van der Waals surface area contributed by atoms with Crippen LogP contribution in [0.3, 0.4) is 0 Å². The number of hydrogen-bond donors (Lipinski definition) is 1. The zero-order valence-electron chi connectivity index (χ0n) is 17.9. The minimum absolute atomic E-state index is 0.135. The molecule has 1 aliphatic heterocycles. The highest BCUT2D eigenvalue weighted by Gasteiger charge is 2.32. The van der Waals surface area contributed by atoms with Gasteiger partial charge in [-0.3, -0.25) is 0 Å². The van der Waals surface area contributed by atoms with Crippen molar-refractivity contribution in [2.45, 2.75) is 33.7 Å². The van der Waals surface area contributed by atoms with Crippen molar-refractivity contribution >= 4 is 16.8 Å². The smallest absolute Gasteiger partial charge is 0.219 e. The van der Waals surface area contributed by atoms with Crippen LogP contribution < -0.4 is 4.74 Å². The van der Waals surface area contributed by atoms with Crippen LogP contribution >= 0.6 is 0 Å². The lowest BCUT2D eigenvalue weighted by molar-refractivity contribution is 0.198. The van der Waals surface area contributed by atoms with Crippen LogP contribution in [0.2, 0.25) is 0 Å². The highest BCUT2D eigenvalue weighted by atomic mass is 16.5. The molecule has 1 atom stereocenters. The summed E-state index contributed by atoms with van der Waals surface area (Å²) >= 11 is 0. The molecule has 0 aliphatic carbocycles. The fourth-order valence-corrected chi connectivity index (χ4v) is 4.39. The largest absolute Gasteiger partial charge is 0.506 e. The van der Waals surface area contributed by atoms with Crippen LogP contribution in [0, 0.1) is 17.8 Å². The summed E-state index contributed by atoms with van der Waals surface area (Å²) in [6, 6.07) is 16.9. The number of fused-ring (bicyclic) bond motifs is 1. The van der Waals surface area contributed by atoms with Gasteiger partial charge in [0.2, 0.25) is 11.8 Å². The number of para-hydroxylation sites is 1. The van der Waals surface area contributed by atoms with E-state index in [1.165, 1.54) is 0 Å². The predicted octanol–water partition coefficient (Wildman–Crippen LogP) is 5.81. The maximum absolute atomic E-state index is 10.0. The van der Waals surface area contributed by atoms with Crippen molar-refractivity contribution in [1.29, 1.82) is 0 Å². The molecule has 3 aromatic rings. The number of pyridine rings is 1. The molecule has 1 aliphatic rings. The van der Waals surface area contributed by atoms with Gasteiger partial charge in [-0.15, -0.1) is 0 Å². The molecule has 1 N–H and O–H groups in total. The summed E-state index contributed by atoms with van der Waals surface area (Å²) in [5.74, 6) is 3.45. The molecule has 4 rings (SSSR count). The molecule has 0 saturated heterocycles. The minimum Gasteiger partial charge on any atom is -0.506 e. The van der Waals surface area contributed by atoms with E-state index in [0.717, 1.165) is 10.9 Å². The van der Waals surface area contributed by atoms with Crippen molar-refractivity contribution in [3.05, 3.63) is 60.2 Å². The van der Waals surface area contributed by atoms with Gasteiger partial charge in [0, 0.05) is 17.0 Å². The number of benzene rings is 2. The van der Waals surface area contributed by atoms with Gasteiger partial charge in [-0.1, -0.05) is 45.9 Å². The van der Waals surface area contributed by atoms with Crippen molar-refractivity contribution < 1.29 is 14.6 Å². The van der Waals surface area contributed by atoms with E-state index in [1.807, 2.05) is 36.4 Å². The first-order valence-electron chi connectivity index (χ1n) is 10.5. The number of aromatic nitrogens is 1. The fourth-order valence-electron chi connectivity index (χ4n) is 4.39.